The molecule has 1 aromatic carbocycles. The Kier molecular flexibility index (Phi) is 4.71. The predicted molar refractivity (Wildman–Crippen MR) is 94.6 cm³/mol. The van der Waals surface area contributed by atoms with Crippen LogP contribution in [0.5, 0.6) is 0 Å². The van der Waals surface area contributed by atoms with Gasteiger partial charge in [-0.2, -0.15) is 5.10 Å². The van der Waals surface area contributed by atoms with Crippen molar-refractivity contribution >= 4 is 22.4 Å². The van der Waals surface area contributed by atoms with E-state index in [1.54, 1.807) is 0 Å². The second-order valence-electron chi connectivity index (χ2n) is 5.68. The fraction of sp³-hybridized carbons (Fsp3) is 0.294. The Labute approximate surface area is 144 Å². The second-order valence-corrected chi connectivity index (χ2v) is 6.86. The Morgan fingerprint density at radius 1 is 1.17 bits per heavy atom. The molecule has 1 amide bonds. The average molecular weight is 341 g/mol. The van der Waals surface area contributed by atoms with Crippen molar-refractivity contribution in [3.8, 4) is 5.69 Å². The van der Waals surface area contributed by atoms with Gasteiger partial charge >= 0.3 is 0 Å². The molecule has 0 saturated carbocycles. The molecule has 1 N–H and O–H groups in total. The summed E-state index contributed by atoms with van der Waals surface area (Å²) in [4.78, 5) is 11.9. The van der Waals surface area contributed by atoms with Gasteiger partial charge in [0.05, 0.1) is 11.4 Å². The van der Waals surface area contributed by atoms with E-state index in [1.165, 1.54) is 11.3 Å². The van der Waals surface area contributed by atoms with Crippen molar-refractivity contribution in [1.82, 2.24) is 20.0 Å². The molecule has 24 heavy (non-hydrogen) atoms. The molecule has 0 saturated heterocycles. The summed E-state index contributed by atoms with van der Waals surface area (Å²) in [6.45, 7) is 5.88. The third-order valence-electron chi connectivity index (χ3n) is 3.60. The summed E-state index contributed by atoms with van der Waals surface area (Å²) in [6, 6.07) is 10.2. The van der Waals surface area contributed by atoms with Gasteiger partial charge in [0, 0.05) is 12.1 Å². The molecule has 0 fully saturated rings. The highest BCUT2D eigenvalue weighted by atomic mass is 32.1. The van der Waals surface area contributed by atoms with Crippen LogP contribution in [0, 0.1) is 20.8 Å². The number of rotatable bonds is 5. The fourth-order valence-electron chi connectivity index (χ4n) is 2.48. The summed E-state index contributed by atoms with van der Waals surface area (Å²) in [5, 5.41) is 16.4. The van der Waals surface area contributed by atoms with Gasteiger partial charge in [-0.25, -0.2) is 4.68 Å². The molecule has 0 spiro atoms. The molecule has 3 aromatic rings. The number of benzene rings is 1. The maximum Gasteiger partial charge on any atom is 0.226 e. The van der Waals surface area contributed by atoms with Crippen molar-refractivity contribution in [3.05, 3.63) is 52.3 Å². The van der Waals surface area contributed by atoms with Crippen LogP contribution in [-0.4, -0.2) is 25.9 Å². The highest BCUT2D eigenvalue weighted by Crippen LogP contribution is 2.16. The zero-order valence-corrected chi connectivity index (χ0v) is 14.7. The first-order valence-corrected chi connectivity index (χ1v) is 8.55. The normalized spacial score (nSPS) is 10.8. The molecule has 0 aliphatic rings. The number of nitrogens with zero attached hydrogens (tertiary/aromatic N) is 4. The van der Waals surface area contributed by atoms with E-state index in [0.29, 0.717) is 18.0 Å². The zero-order valence-electron chi connectivity index (χ0n) is 13.9. The summed E-state index contributed by atoms with van der Waals surface area (Å²) in [5.74, 6) is -0.0474. The number of anilines is 1. The van der Waals surface area contributed by atoms with Crippen molar-refractivity contribution in [1.29, 1.82) is 0 Å². The first-order valence-electron chi connectivity index (χ1n) is 7.74. The SMILES string of the molecule is Cc1cc(C)n(-c2ccc(CCC(=O)Nc3nnc(C)s3)cc2)n1. The first-order chi connectivity index (χ1) is 11.5. The highest BCUT2D eigenvalue weighted by Gasteiger charge is 2.08. The maximum absolute atomic E-state index is 11.9. The van der Waals surface area contributed by atoms with Crippen LogP contribution in [0.25, 0.3) is 5.69 Å². The van der Waals surface area contributed by atoms with Crippen molar-refractivity contribution in [2.24, 2.45) is 0 Å². The molecule has 3 rings (SSSR count). The average Bonchev–Trinajstić information content (AvgIpc) is 3.10. The Morgan fingerprint density at radius 2 is 1.92 bits per heavy atom. The van der Waals surface area contributed by atoms with Gasteiger partial charge in [0.1, 0.15) is 5.01 Å². The molecular formula is C17H19N5OS. The fourth-order valence-corrected chi connectivity index (χ4v) is 3.09. The topological polar surface area (TPSA) is 72.7 Å². The van der Waals surface area contributed by atoms with Gasteiger partial charge in [-0.15, -0.1) is 10.2 Å². The minimum Gasteiger partial charge on any atom is -0.301 e. The number of aromatic nitrogens is 4. The van der Waals surface area contributed by atoms with Gasteiger partial charge < -0.3 is 5.32 Å². The zero-order chi connectivity index (χ0) is 17.1. The van der Waals surface area contributed by atoms with E-state index in [0.717, 1.165) is 27.6 Å². The number of aryl methyl sites for hydroxylation is 4. The molecule has 2 aromatic heterocycles. The van der Waals surface area contributed by atoms with Crippen LogP contribution >= 0.6 is 11.3 Å². The van der Waals surface area contributed by atoms with E-state index < -0.39 is 0 Å². The number of amides is 1. The van der Waals surface area contributed by atoms with Crippen molar-refractivity contribution in [2.45, 2.75) is 33.6 Å². The molecule has 7 heteroatoms. The number of carbonyl (C=O) groups excluding carboxylic acids is 1. The lowest BCUT2D eigenvalue weighted by molar-refractivity contribution is -0.116. The molecule has 0 aliphatic heterocycles. The molecule has 0 bridgehead atoms. The van der Waals surface area contributed by atoms with Gasteiger partial charge in [-0.1, -0.05) is 23.5 Å². The van der Waals surface area contributed by atoms with Crippen LogP contribution in [0.3, 0.4) is 0 Å². The van der Waals surface area contributed by atoms with Crippen LogP contribution in [0.2, 0.25) is 0 Å². The van der Waals surface area contributed by atoms with Crippen LogP contribution in [0.15, 0.2) is 30.3 Å². The first kappa shape index (κ1) is 16.3. The van der Waals surface area contributed by atoms with Crippen LogP contribution < -0.4 is 5.32 Å². The van der Waals surface area contributed by atoms with Gasteiger partial charge in [0.2, 0.25) is 11.0 Å². The minimum atomic E-state index is -0.0474. The Bertz CT molecular complexity index is 850. The third-order valence-corrected chi connectivity index (χ3v) is 4.36. The molecule has 0 radical (unpaired) electrons. The monoisotopic (exact) mass is 341 g/mol. The number of hydrogen-bond donors (Lipinski definition) is 1. The van der Waals surface area contributed by atoms with Crippen molar-refractivity contribution < 1.29 is 4.79 Å². The summed E-state index contributed by atoms with van der Waals surface area (Å²) >= 11 is 1.38. The predicted octanol–water partition coefficient (Wildman–Crippen LogP) is 3.22. The van der Waals surface area contributed by atoms with Crippen molar-refractivity contribution in [3.63, 3.8) is 0 Å². The molecule has 124 valence electrons. The van der Waals surface area contributed by atoms with E-state index in [9.17, 15) is 4.79 Å². The van der Waals surface area contributed by atoms with Gasteiger partial charge in [0.15, 0.2) is 0 Å². The summed E-state index contributed by atoms with van der Waals surface area (Å²) < 4.78 is 1.92. The van der Waals surface area contributed by atoms with Crippen LogP contribution in [0.1, 0.15) is 28.4 Å². The van der Waals surface area contributed by atoms with E-state index in [1.807, 2.05) is 55.8 Å². The van der Waals surface area contributed by atoms with Crippen LogP contribution in [0.4, 0.5) is 5.13 Å². The number of nitrogens with one attached hydrogen (secondary N) is 1. The van der Waals surface area contributed by atoms with Gasteiger partial charge in [0.25, 0.3) is 0 Å². The molecule has 0 aliphatic carbocycles. The smallest absolute Gasteiger partial charge is 0.226 e. The minimum absolute atomic E-state index is 0.0474. The maximum atomic E-state index is 11.9. The number of carbonyl (C=O) groups is 1. The Hall–Kier alpha value is -2.54. The molecule has 2 heterocycles. The molecule has 0 atom stereocenters. The summed E-state index contributed by atoms with van der Waals surface area (Å²) in [5.41, 5.74) is 4.24. The largest absolute Gasteiger partial charge is 0.301 e. The standard InChI is InChI=1S/C17H19N5OS/c1-11-10-12(2)22(21-11)15-7-4-14(5-8-15)6-9-16(23)18-17-20-19-13(3)24-17/h4-5,7-8,10H,6,9H2,1-3H3,(H,18,20,23). The van der Waals surface area contributed by atoms with E-state index in [2.05, 4.69) is 20.6 Å². The lowest BCUT2D eigenvalue weighted by Crippen LogP contribution is -2.12. The molecule has 0 unspecified atom stereocenters. The number of hydrogen-bond acceptors (Lipinski definition) is 5. The van der Waals surface area contributed by atoms with Gasteiger partial charge in [-0.05, 0) is 51.0 Å². The second kappa shape index (κ2) is 6.92. The van der Waals surface area contributed by atoms with Gasteiger partial charge in [-0.3, -0.25) is 4.79 Å². The van der Waals surface area contributed by atoms with E-state index in [-0.39, 0.29) is 5.91 Å². The quantitative estimate of drug-likeness (QED) is 0.773. The van der Waals surface area contributed by atoms with E-state index >= 15 is 0 Å². The lowest BCUT2D eigenvalue weighted by Gasteiger charge is -2.06. The summed E-state index contributed by atoms with van der Waals surface area (Å²) in [6.07, 6.45) is 1.10. The highest BCUT2D eigenvalue weighted by molar-refractivity contribution is 7.15. The molecular weight excluding hydrogens is 322 g/mol. The Balaban J connectivity index is 1.58. The third kappa shape index (κ3) is 3.86. The van der Waals surface area contributed by atoms with Crippen LogP contribution in [-0.2, 0) is 11.2 Å². The van der Waals surface area contributed by atoms with E-state index in [4.69, 9.17) is 0 Å². The van der Waals surface area contributed by atoms with Crippen molar-refractivity contribution in [2.75, 3.05) is 5.32 Å². The molecule has 6 nitrogen and oxygen atoms in total. The lowest BCUT2D eigenvalue weighted by atomic mass is 10.1. The Morgan fingerprint density at radius 3 is 2.50 bits per heavy atom. The summed E-state index contributed by atoms with van der Waals surface area (Å²) in [7, 11) is 0.